The van der Waals surface area contributed by atoms with Crippen molar-refractivity contribution < 1.29 is 14.6 Å². The molecule has 1 aromatic heterocycles. The van der Waals surface area contributed by atoms with E-state index in [0.717, 1.165) is 55.0 Å². The molecule has 2 fully saturated rings. The van der Waals surface area contributed by atoms with Crippen molar-refractivity contribution >= 4 is 0 Å². The van der Waals surface area contributed by atoms with Crippen molar-refractivity contribution in [3.63, 3.8) is 0 Å². The Morgan fingerprint density at radius 1 is 1.19 bits per heavy atom. The lowest BCUT2D eigenvalue weighted by Gasteiger charge is -2.58. The van der Waals surface area contributed by atoms with E-state index in [-0.39, 0.29) is 11.5 Å². The van der Waals surface area contributed by atoms with E-state index in [1.54, 1.807) is 0 Å². The van der Waals surface area contributed by atoms with Gasteiger partial charge in [-0.05, 0) is 86.3 Å². The molecule has 5 atom stereocenters. The predicted molar refractivity (Wildman–Crippen MR) is 116 cm³/mol. The van der Waals surface area contributed by atoms with Crippen LogP contribution in [-0.4, -0.2) is 62.5 Å². The van der Waals surface area contributed by atoms with Crippen LogP contribution < -0.4 is 9.47 Å². The van der Waals surface area contributed by atoms with Gasteiger partial charge in [-0.1, -0.05) is 6.07 Å². The number of aliphatic hydroxyl groups excluding tert-OH is 1. The van der Waals surface area contributed by atoms with Gasteiger partial charge in [-0.3, -0.25) is 0 Å². The van der Waals surface area contributed by atoms with Crippen molar-refractivity contribution in [1.82, 2.24) is 25.5 Å². The number of rotatable bonds is 3. The second kappa shape index (κ2) is 6.52. The number of aliphatic hydroxyl groups is 1. The highest BCUT2D eigenvalue weighted by Gasteiger charge is 2.65. The monoisotopic (exact) mass is 431 g/mol. The molecule has 0 radical (unpaired) electrons. The van der Waals surface area contributed by atoms with Crippen LogP contribution in [0.25, 0.3) is 11.4 Å². The quantitative estimate of drug-likeness (QED) is 0.658. The van der Waals surface area contributed by atoms with E-state index in [1.807, 2.05) is 30.3 Å². The number of aromatic amines is 1. The lowest BCUT2D eigenvalue weighted by atomic mass is 9.51. The van der Waals surface area contributed by atoms with Crippen LogP contribution in [0, 0.1) is 5.92 Å². The zero-order valence-electron chi connectivity index (χ0n) is 17.9. The van der Waals surface area contributed by atoms with Gasteiger partial charge in [0.1, 0.15) is 11.9 Å². The topological polar surface area (TPSA) is 96.4 Å². The summed E-state index contributed by atoms with van der Waals surface area (Å²) in [4.78, 5) is 2.52. The van der Waals surface area contributed by atoms with Crippen LogP contribution in [0.1, 0.15) is 30.4 Å². The molecule has 5 unspecified atom stereocenters. The highest BCUT2D eigenvalue weighted by atomic mass is 16.5. The second-order valence-electron chi connectivity index (χ2n) is 9.62. The fraction of sp³-hybridized carbons (Fsp3) is 0.458. The van der Waals surface area contributed by atoms with Crippen molar-refractivity contribution in [3.8, 4) is 28.6 Å². The summed E-state index contributed by atoms with van der Waals surface area (Å²) in [5.41, 5.74) is 3.42. The van der Waals surface area contributed by atoms with Crippen molar-refractivity contribution in [3.05, 3.63) is 47.5 Å². The molecule has 164 valence electrons. The number of tetrazole rings is 1. The van der Waals surface area contributed by atoms with E-state index in [4.69, 9.17) is 9.47 Å². The summed E-state index contributed by atoms with van der Waals surface area (Å²) in [6.45, 7) is 1.04. The summed E-state index contributed by atoms with van der Waals surface area (Å²) in [5, 5.41) is 25.1. The second-order valence-corrected chi connectivity index (χ2v) is 9.62. The van der Waals surface area contributed by atoms with Crippen LogP contribution in [0.15, 0.2) is 36.4 Å². The molecule has 32 heavy (non-hydrogen) atoms. The van der Waals surface area contributed by atoms with Crippen LogP contribution >= 0.6 is 0 Å². The Labute approximate surface area is 185 Å². The minimum absolute atomic E-state index is 0.0976. The fourth-order valence-electron chi connectivity index (χ4n) is 6.86. The van der Waals surface area contributed by atoms with E-state index < -0.39 is 6.10 Å². The van der Waals surface area contributed by atoms with Crippen molar-refractivity contribution in [1.29, 1.82) is 0 Å². The molecule has 1 saturated heterocycles. The number of likely N-dealkylation sites (N-methyl/N-ethyl adjacent to an activating group) is 1. The van der Waals surface area contributed by atoms with Crippen LogP contribution in [0.4, 0.5) is 0 Å². The first kappa shape index (κ1) is 18.6. The molecular formula is C24H25N5O3. The Hall–Kier alpha value is -2.97. The van der Waals surface area contributed by atoms with Crippen molar-refractivity contribution in [2.75, 3.05) is 13.6 Å². The number of piperidine rings is 1. The summed E-state index contributed by atoms with van der Waals surface area (Å²) in [6, 6.07) is 12.4. The van der Waals surface area contributed by atoms with Crippen LogP contribution in [0.2, 0.25) is 0 Å². The van der Waals surface area contributed by atoms with Gasteiger partial charge in [0.05, 0.1) is 6.10 Å². The lowest BCUT2D eigenvalue weighted by molar-refractivity contribution is -0.0993. The maximum atomic E-state index is 11.0. The van der Waals surface area contributed by atoms with Gasteiger partial charge in [-0.2, -0.15) is 5.21 Å². The van der Waals surface area contributed by atoms with Gasteiger partial charge in [0.15, 0.2) is 11.5 Å². The van der Waals surface area contributed by atoms with Crippen LogP contribution in [-0.2, 0) is 11.8 Å². The normalized spacial score (nSPS) is 32.3. The third-order valence-corrected chi connectivity index (χ3v) is 8.23. The molecule has 4 aliphatic rings. The number of likely N-dealkylation sites (tertiary alicyclic amines) is 1. The first-order valence-electron chi connectivity index (χ1n) is 11.4. The molecule has 8 nitrogen and oxygen atoms in total. The van der Waals surface area contributed by atoms with Gasteiger partial charge in [0.25, 0.3) is 0 Å². The average Bonchev–Trinajstić information content (AvgIpc) is 3.46. The first-order chi connectivity index (χ1) is 15.6. The average molecular weight is 431 g/mol. The summed E-state index contributed by atoms with van der Waals surface area (Å²) in [6.07, 6.45) is 3.30. The standard InChI is InChI=1S/C24H25N5O3/c1-29-11-10-24-16-7-8-18(30)22(24)32-21-19(9-4-14(20(21)24)12-17(16)29)31-15-5-2-13(3-6-15)23-25-27-28-26-23/h2-6,9,16-18,22,30H,7-8,10-12H2,1H3,(H,25,26,27,28). The van der Waals surface area contributed by atoms with E-state index in [2.05, 4.69) is 38.6 Å². The summed E-state index contributed by atoms with van der Waals surface area (Å²) < 4.78 is 12.9. The largest absolute Gasteiger partial charge is 0.483 e. The molecule has 2 N–H and O–H groups in total. The van der Waals surface area contributed by atoms with Gasteiger partial charge in [0, 0.05) is 22.6 Å². The SMILES string of the molecule is CN1CCC23c4c5ccc(Oc6ccc(-c7nn[nH]n7)cc6)c4OC2C(O)CCC3C1C5. The number of nitrogens with one attached hydrogen (secondary N) is 1. The number of benzene rings is 2. The highest BCUT2D eigenvalue weighted by molar-refractivity contribution is 5.62. The Bertz CT molecular complexity index is 1180. The molecule has 1 spiro atoms. The molecule has 8 heteroatoms. The number of H-pyrrole nitrogens is 1. The number of ether oxygens (including phenoxy) is 2. The minimum Gasteiger partial charge on any atom is -0.483 e. The van der Waals surface area contributed by atoms with E-state index in [9.17, 15) is 5.11 Å². The van der Waals surface area contributed by atoms with Crippen molar-refractivity contribution in [2.45, 2.75) is 49.3 Å². The maximum Gasteiger partial charge on any atom is 0.204 e. The minimum atomic E-state index is -0.434. The van der Waals surface area contributed by atoms with E-state index in [0.29, 0.717) is 17.8 Å². The van der Waals surface area contributed by atoms with Gasteiger partial charge in [0.2, 0.25) is 5.82 Å². The number of aromatic nitrogens is 4. The molecule has 0 amide bonds. The van der Waals surface area contributed by atoms with Gasteiger partial charge in [-0.25, -0.2) is 0 Å². The smallest absolute Gasteiger partial charge is 0.204 e. The number of hydrogen-bond donors (Lipinski definition) is 2. The summed E-state index contributed by atoms with van der Waals surface area (Å²) in [5.74, 6) is 3.35. The summed E-state index contributed by atoms with van der Waals surface area (Å²) >= 11 is 0. The number of hydrogen-bond acceptors (Lipinski definition) is 7. The number of nitrogens with zero attached hydrogens (tertiary/aromatic N) is 4. The lowest BCUT2D eigenvalue weighted by Crippen LogP contribution is -2.66. The summed E-state index contributed by atoms with van der Waals surface area (Å²) in [7, 11) is 2.25. The highest BCUT2D eigenvalue weighted by Crippen LogP contribution is 2.64. The maximum absolute atomic E-state index is 11.0. The molecule has 2 aliphatic heterocycles. The van der Waals surface area contributed by atoms with Gasteiger partial charge < -0.3 is 19.5 Å². The van der Waals surface area contributed by atoms with E-state index in [1.165, 1.54) is 11.1 Å². The van der Waals surface area contributed by atoms with Gasteiger partial charge >= 0.3 is 0 Å². The van der Waals surface area contributed by atoms with E-state index >= 15 is 0 Å². The molecule has 7 rings (SSSR count). The molecule has 3 aromatic rings. The Morgan fingerprint density at radius 2 is 2.06 bits per heavy atom. The van der Waals surface area contributed by atoms with Crippen LogP contribution in [0.5, 0.6) is 17.2 Å². The Balaban J connectivity index is 1.29. The molecule has 3 heterocycles. The first-order valence-corrected chi connectivity index (χ1v) is 11.4. The van der Waals surface area contributed by atoms with Gasteiger partial charge in [-0.15, -0.1) is 10.2 Å². The Kier molecular flexibility index (Phi) is 3.79. The van der Waals surface area contributed by atoms with Crippen molar-refractivity contribution in [2.24, 2.45) is 5.92 Å². The fourth-order valence-corrected chi connectivity index (χ4v) is 6.86. The predicted octanol–water partition coefficient (Wildman–Crippen LogP) is 2.69. The third kappa shape index (κ3) is 2.36. The molecule has 2 aromatic carbocycles. The van der Waals surface area contributed by atoms with Crippen LogP contribution in [0.3, 0.4) is 0 Å². The molecular weight excluding hydrogens is 406 g/mol. The zero-order chi connectivity index (χ0) is 21.4. The Morgan fingerprint density at radius 3 is 2.88 bits per heavy atom. The molecule has 2 aliphatic carbocycles. The zero-order valence-corrected chi connectivity index (χ0v) is 17.9. The molecule has 2 bridgehead atoms. The molecule has 1 saturated carbocycles. The third-order valence-electron chi connectivity index (χ3n) is 8.23.